The normalized spacial score (nSPS) is 10.3. The second-order valence-corrected chi connectivity index (χ2v) is 4.86. The van der Waals surface area contributed by atoms with Crippen LogP contribution in [0.5, 0.6) is 0 Å². The number of nitrogens with zero attached hydrogens (tertiary/aromatic N) is 2. The number of nitrogen functional groups attached to an aromatic ring is 1. The molecule has 1 aromatic heterocycles. The van der Waals surface area contributed by atoms with Gasteiger partial charge in [-0.25, -0.2) is 14.8 Å². The summed E-state index contributed by atoms with van der Waals surface area (Å²) in [6.07, 6.45) is 1.38. The van der Waals surface area contributed by atoms with Gasteiger partial charge in [-0.2, -0.15) is 0 Å². The van der Waals surface area contributed by atoms with E-state index in [1.807, 2.05) is 25.1 Å². The summed E-state index contributed by atoms with van der Waals surface area (Å²) in [6, 6.07) is 5.79. The third-order valence-electron chi connectivity index (χ3n) is 2.66. The molecule has 2 aromatic rings. The summed E-state index contributed by atoms with van der Waals surface area (Å²) in [5.41, 5.74) is 7.81. The van der Waals surface area contributed by atoms with E-state index in [9.17, 15) is 4.79 Å². The third kappa shape index (κ3) is 2.73. The summed E-state index contributed by atoms with van der Waals surface area (Å²) in [7, 11) is 1.29. The molecule has 0 amide bonds. The summed E-state index contributed by atoms with van der Waals surface area (Å²) < 4.78 is 5.52. The number of hydrogen-bond acceptors (Lipinski definition) is 5. The highest BCUT2D eigenvalue weighted by Gasteiger charge is 2.14. The molecule has 1 aromatic carbocycles. The summed E-state index contributed by atoms with van der Waals surface area (Å²) in [5.74, 6) is 0.0372. The number of carbonyl (C=O) groups is 1. The van der Waals surface area contributed by atoms with Gasteiger partial charge in [0.25, 0.3) is 0 Å². The molecule has 1 heterocycles. The molecule has 0 aliphatic carbocycles. The first kappa shape index (κ1) is 13.5. The molecular formula is C13H12BrN3O2. The highest BCUT2D eigenvalue weighted by Crippen LogP contribution is 2.25. The molecule has 98 valence electrons. The number of aromatic nitrogens is 2. The van der Waals surface area contributed by atoms with Crippen LogP contribution in [0.1, 0.15) is 15.9 Å². The van der Waals surface area contributed by atoms with Crippen molar-refractivity contribution in [3.05, 3.63) is 40.0 Å². The van der Waals surface area contributed by atoms with Crippen molar-refractivity contribution in [2.75, 3.05) is 12.8 Å². The Hall–Kier alpha value is -1.95. The van der Waals surface area contributed by atoms with E-state index in [0.29, 0.717) is 5.82 Å². The van der Waals surface area contributed by atoms with E-state index in [1.54, 1.807) is 0 Å². The number of rotatable bonds is 2. The fraction of sp³-hybridized carbons (Fsp3) is 0.154. The van der Waals surface area contributed by atoms with Crippen molar-refractivity contribution in [2.24, 2.45) is 0 Å². The number of hydrogen-bond donors (Lipinski definition) is 1. The Labute approximate surface area is 119 Å². The van der Waals surface area contributed by atoms with Gasteiger partial charge >= 0.3 is 5.97 Å². The Balaban J connectivity index is 2.50. The number of anilines is 1. The minimum atomic E-state index is -0.546. The summed E-state index contributed by atoms with van der Waals surface area (Å²) in [4.78, 5) is 19.7. The van der Waals surface area contributed by atoms with Crippen LogP contribution >= 0.6 is 15.9 Å². The van der Waals surface area contributed by atoms with Gasteiger partial charge < -0.3 is 10.5 Å². The standard InChI is InChI=1S/C13H12BrN3O2/c1-7-3-4-8(14)5-9(7)12-16-6-10(11(15)17-12)13(18)19-2/h3-6H,1-2H3,(H2,15,16,17). The SMILES string of the molecule is COC(=O)c1cnc(-c2cc(Br)ccc2C)nc1N. The van der Waals surface area contributed by atoms with Crippen molar-refractivity contribution in [1.29, 1.82) is 0 Å². The van der Waals surface area contributed by atoms with Gasteiger partial charge in [-0.15, -0.1) is 0 Å². The molecule has 5 nitrogen and oxygen atoms in total. The van der Waals surface area contributed by atoms with Gasteiger partial charge in [-0.1, -0.05) is 22.0 Å². The molecule has 0 saturated carbocycles. The fourth-order valence-electron chi connectivity index (χ4n) is 1.63. The van der Waals surface area contributed by atoms with Gasteiger partial charge in [0.15, 0.2) is 5.82 Å². The molecule has 2 rings (SSSR count). The Kier molecular flexibility index (Phi) is 3.80. The van der Waals surface area contributed by atoms with Crippen LogP contribution in [0.4, 0.5) is 5.82 Å². The number of carbonyl (C=O) groups excluding carboxylic acids is 1. The number of methoxy groups -OCH3 is 1. The fourth-order valence-corrected chi connectivity index (χ4v) is 1.99. The maximum atomic E-state index is 11.4. The third-order valence-corrected chi connectivity index (χ3v) is 3.16. The molecule has 2 N–H and O–H groups in total. The lowest BCUT2D eigenvalue weighted by Crippen LogP contribution is -2.09. The van der Waals surface area contributed by atoms with Crippen molar-refractivity contribution in [3.63, 3.8) is 0 Å². The first-order valence-electron chi connectivity index (χ1n) is 5.50. The number of benzene rings is 1. The van der Waals surface area contributed by atoms with Gasteiger partial charge in [-0.05, 0) is 24.6 Å². The molecule has 0 aliphatic rings. The Morgan fingerprint density at radius 2 is 2.16 bits per heavy atom. The number of halogens is 1. The monoisotopic (exact) mass is 321 g/mol. The van der Waals surface area contributed by atoms with Crippen LogP contribution in [0.15, 0.2) is 28.9 Å². The smallest absolute Gasteiger partial charge is 0.343 e. The lowest BCUT2D eigenvalue weighted by molar-refractivity contribution is 0.0601. The average Bonchev–Trinajstić information content (AvgIpc) is 2.40. The lowest BCUT2D eigenvalue weighted by Gasteiger charge is -2.07. The maximum Gasteiger partial charge on any atom is 0.343 e. The van der Waals surface area contributed by atoms with E-state index < -0.39 is 5.97 Å². The molecule has 0 spiro atoms. The predicted molar refractivity (Wildman–Crippen MR) is 75.7 cm³/mol. The van der Waals surface area contributed by atoms with Crippen LogP contribution in [0.3, 0.4) is 0 Å². The van der Waals surface area contributed by atoms with E-state index in [-0.39, 0.29) is 11.4 Å². The number of esters is 1. The molecule has 6 heteroatoms. The van der Waals surface area contributed by atoms with E-state index >= 15 is 0 Å². The molecule has 0 fully saturated rings. The minimum absolute atomic E-state index is 0.108. The number of aryl methyl sites for hydroxylation is 1. The van der Waals surface area contributed by atoms with Gasteiger partial charge in [-0.3, -0.25) is 0 Å². The van der Waals surface area contributed by atoms with Gasteiger partial charge in [0.1, 0.15) is 11.4 Å². The van der Waals surface area contributed by atoms with Crippen LogP contribution in [0.2, 0.25) is 0 Å². The molecule has 0 saturated heterocycles. The minimum Gasteiger partial charge on any atom is -0.465 e. The Bertz CT molecular complexity index is 644. The number of nitrogens with two attached hydrogens (primary N) is 1. The van der Waals surface area contributed by atoms with Crippen molar-refractivity contribution in [1.82, 2.24) is 9.97 Å². The molecule has 0 unspecified atom stereocenters. The van der Waals surface area contributed by atoms with Crippen molar-refractivity contribution < 1.29 is 9.53 Å². The first-order chi connectivity index (χ1) is 9.02. The van der Waals surface area contributed by atoms with Gasteiger partial charge in [0.2, 0.25) is 0 Å². The molecule has 0 aliphatic heterocycles. The zero-order valence-corrected chi connectivity index (χ0v) is 12.1. The van der Waals surface area contributed by atoms with Crippen LogP contribution in [0, 0.1) is 6.92 Å². The maximum absolute atomic E-state index is 11.4. The first-order valence-corrected chi connectivity index (χ1v) is 6.29. The van der Waals surface area contributed by atoms with Crippen LogP contribution in [-0.4, -0.2) is 23.0 Å². The van der Waals surface area contributed by atoms with Crippen molar-refractivity contribution >= 4 is 27.7 Å². The summed E-state index contributed by atoms with van der Waals surface area (Å²) >= 11 is 3.40. The molecular weight excluding hydrogens is 310 g/mol. The summed E-state index contributed by atoms with van der Waals surface area (Å²) in [6.45, 7) is 1.95. The predicted octanol–water partition coefficient (Wildman–Crippen LogP) is 2.58. The molecule has 0 bridgehead atoms. The largest absolute Gasteiger partial charge is 0.465 e. The zero-order chi connectivity index (χ0) is 14.0. The Morgan fingerprint density at radius 1 is 1.42 bits per heavy atom. The van der Waals surface area contributed by atoms with Crippen LogP contribution < -0.4 is 5.73 Å². The quantitative estimate of drug-likeness (QED) is 0.860. The molecule has 19 heavy (non-hydrogen) atoms. The zero-order valence-electron chi connectivity index (χ0n) is 10.5. The Morgan fingerprint density at radius 3 is 2.79 bits per heavy atom. The second-order valence-electron chi connectivity index (χ2n) is 3.94. The van der Waals surface area contributed by atoms with E-state index in [2.05, 4.69) is 30.6 Å². The molecule has 0 atom stereocenters. The highest BCUT2D eigenvalue weighted by atomic mass is 79.9. The second kappa shape index (κ2) is 5.36. The summed E-state index contributed by atoms with van der Waals surface area (Å²) in [5, 5.41) is 0. The average molecular weight is 322 g/mol. The van der Waals surface area contributed by atoms with Crippen LogP contribution in [0.25, 0.3) is 11.4 Å². The van der Waals surface area contributed by atoms with E-state index in [4.69, 9.17) is 5.73 Å². The van der Waals surface area contributed by atoms with Crippen molar-refractivity contribution in [2.45, 2.75) is 6.92 Å². The lowest BCUT2D eigenvalue weighted by atomic mass is 10.1. The van der Waals surface area contributed by atoms with Crippen molar-refractivity contribution in [3.8, 4) is 11.4 Å². The molecule has 0 radical (unpaired) electrons. The number of ether oxygens (including phenoxy) is 1. The topological polar surface area (TPSA) is 78.1 Å². The highest BCUT2D eigenvalue weighted by molar-refractivity contribution is 9.10. The van der Waals surface area contributed by atoms with E-state index in [1.165, 1.54) is 13.3 Å². The van der Waals surface area contributed by atoms with Gasteiger partial charge in [0.05, 0.1) is 7.11 Å². The van der Waals surface area contributed by atoms with Crippen LogP contribution in [-0.2, 0) is 4.74 Å². The van der Waals surface area contributed by atoms with E-state index in [0.717, 1.165) is 15.6 Å². The van der Waals surface area contributed by atoms with Gasteiger partial charge in [0, 0.05) is 16.2 Å².